The van der Waals surface area contributed by atoms with Crippen LogP contribution in [0.4, 0.5) is 5.82 Å². The highest BCUT2D eigenvalue weighted by Crippen LogP contribution is 2.32. The summed E-state index contributed by atoms with van der Waals surface area (Å²) in [6.07, 6.45) is 7.72. The van der Waals surface area contributed by atoms with Crippen molar-refractivity contribution in [1.29, 1.82) is 0 Å². The van der Waals surface area contributed by atoms with Crippen LogP contribution in [-0.2, 0) is 20.5 Å². The van der Waals surface area contributed by atoms with Gasteiger partial charge in [-0.15, -0.1) is 0 Å². The van der Waals surface area contributed by atoms with E-state index in [-0.39, 0.29) is 5.91 Å². The Bertz CT molecular complexity index is 1180. The van der Waals surface area contributed by atoms with E-state index in [4.69, 9.17) is 4.74 Å². The van der Waals surface area contributed by atoms with Gasteiger partial charge in [0.1, 0.15) is 11.7 Å². The number of rotatable bonds is 0. The summed E-state index contributed by atoms with van der Waals surface area (Å²) in [5.74, 6) is 2.56. The molecule has 3 aromatic rings. The molecule has 9 heteroatoms. The Labute approximate surface area is 180 Å². The summed E-state index contributed by atoms with van der Waals surface area (Å²) in [6, 6.07) is 3.45. The Kier molecular flexibility index (Phi) is 4.80. The van der Waals surface area contributed by atoms with Crippen LogP contribution in [0.5, 0.6) is 5.88 Å². The van der Waals surface area contributed by atoms with Crippen molar-refractivity contribution in [3.8, 4) is 17.1 Å². The number of amidine groups is 1. The number of aryl methyl sites for hydroxylation is 2. The van der Waals surface area contributed by atoms with Crippen LogP contribution in [0.1, 0.15) is 35.7 Å². The van der Waals surface area contributed by atoms with Crippen molar-refractivity contribution in [2.75, 3.05) is 18.1 Å². The molecule has 0 fully saturated rings. The number of amides is 1. The maximum atomic E-state index is 13.1. The predicted octanol–water partition coefficient (Wildman–Crippen LogP) is 2.63. The molecule has 0 saturated heterocycles. The molecule has 2 aliphatic rings. The number of pyridine rings is 1. The maximum absolute atomic E-state index is 13.1. The van der Waals surface area contributed by atoms with Crippen molar-refractivity contribution in [2.24, 2.45) is 25.0 Å². The molecule has 1 amide bonds. The summed E-state index contributed by atoms with van der Waals surface area (Å²) in [7, 11) is 3.77. The molecule has 0 aromatic carbocycles. The van der Waals surface area contributed by atoms with E-state index >= 15 is 0 Å². The molecule has 0 saturated carbocycles. The molecular weight excluding hydrogens is 394 g/mol. The molecule has 0 spiro atoms. The summed E-state index contributed by atoms with van der Waals surface area (Å²) in [4.78, 5) is 24.2. The second-order valence-electron chi connectivity index (χ2n) is 8.25. The third kappa shape index (κ3) is 3.49. The van der Waals surface area contributed by atoms with E-state index in [1.807, 2.05) is 25.0 Å². The van der Waals surface area contributed by atoms with E-state index in [1.165, 1.54) is 0 Å². The Morgan fingerprint density at radius 3 is 2.87 bits per heavy atom. The number of carbonyl (C=O) groups excluding carboxylic acids is 1. The summed E-state index contributed by atoms with van der Waals surface area (Å²) >= 11 is 0. The highest BCUT2D eigenvalue weighted by atomic mass is 16.5. The Morgan fingerprint density at radius 1 is 1.16 bits per heavy atom. The molecule has 0 N–H and O–H groups in total. The Balaban J connectivity index is 1.57. The smallest absolute Gasteiger partial charge is 0.278 e. The highest BCUT2D eigenvalue weighted by molar-refractivity contribution is 6.12. The Hall–Kier alpha value is -3.49. The monoisotopic (exact) mass is 419 g/mol. The third-order valence-corrected chi connectivity index (χ3v) is 5.87. The second kappa shape index (κ2) is 7.64. The predicted molar refractivity (Wildman–Crippen MR) is 116 cm³/mol. The van der Waals surface area contributed by atoms with Crippen LogP contribution in [-0.4, -0.2) is 49.4 Å². The van der Waals surface area contributed by atoms with Crippen LogP contribution in [0.2, 0.25) is 0 Å². The van der Waals surface area contributed by atoms with Gasteiger partial charge in [-0.1, -0.05) is 6.92 Å². The van der Waals surface area contributed by atoms with Gasteiger partial charge in [0.25, 0.3) is 5.91 Å². The molecule has 0 aliphatic carbocycles. The summed E-state index contributed by atoms with van der Waals surface area (Å²) < 4.78 is 9.64. The van der Waals surface area contributed by atoms with Gasteiger partial charge in [-0.2, -0.15) is 15.2 Å². The van der Waals surface area contributed by atoms with E-state index in [9.17, 15) is 4.79 Å². The number of ether oxygens (including phenoxy) is 1. The molecule has 160 valence electrons. The first-order valence-electron chi connectivity index (χ1n) is 10.5. The zero-order chi connectivity index (χ0) is 21.5. The zero-order valence-corrected chi connectivity index (χ0v) is 17.9. The number of aromatic nitrogens is 5. The molecule has 2 aliphatic heterocycles. The molecule has 9 nitrogen and oxygen atoms in total. The van der Waals surface area contributed by atoms with E-state index in [0.717, 1.165) is 42.2 Å². The lowest BCUT2D eigenvalue weighted by atomic mass is 10.1. The fraction of sp³-hybridized carbons (Fsp3) is 0.409. The normalized spacial score (nSPS) is 18.9. The van der Waals surface area contributed by atoms with Gasteiger partial charge in [0.2, 0.25) is 5.88 Å². The minimum absolute atomic E-state index is 0.279. The minimum Gasteiger partial charge on any atom is -0.477 e. The first-order chi connectivity index (χ1) is 15.0. The second-order valence-corrected chi connectivity index (χ2v) is 8.25. The van der Waals surface area contributed by atoms with Crippen LogP contribution in [0, 0.1) is 5.92 Å². The molecule has 31 heavy (non-hydrogen) atoms. The van der Waals surface area contributed by atoms with Crippen molar-refractivity contribution < 1.29 is 9.53 Å². The van der Waals surface area contributed by atoms with Gasteiger partial charge in [-0.05, 0) is 30.9 Å². The van der Waals surface area contributed by atoms with Gasteiger partial charge in [0, 0.05) is 44.4 Å². The topological polar surface area (TPSA) is 90.4 Å². The van der Waals surface area contributed by atoms with Crippen molar-refractivity contribution in [1.82, 2.24) is 24.5 Å². The molecule has 0 unspecified atom stereocenters. The zero-order valence-electron chi connectivity index (χ0n) is 17.9. The van der Waals surface area contributed by atoms with Gasteiger partial charge >= 0.3 is 0 Å². The number of carbonyl (C=O) groups is 1. The van der Waals surface area contributed by atoms with Crippen LogP contribution < -0.4 is 9.64 Å². The summed E-state index contributed by atoms with van der Waals surface area (Å²) in [5.41, 5.74) is 3.01. The molecular formula is C22H25N7O2. The van der Waals surface area contributed by atoms with Crippen LogP contribution in [0.15, 0.2) is 35.7 Å². The van der Waals surface area contributed by atoms with E-state index in [1.54, 1.807) is 29.2 Å². The maximum Gasteiger partial charge on any atom is 0.278 e. The lowest BCUT2D eigenvalue weighted by molar-refractivity contribution is 0.100. The summed E-state index contributed by atoms with van der Waals surface area (Å²) in [5, 5.41) is 8.71. The SMILES string of the molecule is C[C@@H]1CCCOc2c(cnn2C)-c2cc(ccn2)C(=O)N=C2Cc3cnn(C)c3N2C1. The average Bonchev–Trinajstić information content (AvgIpc) is 3.41. The van der Waals surface area contributed by atoms with Crippen LogP contribution >= 0.6 is 0 Å². The van der Waals surface area contributed by atoms with Gasteiger partial charge in [0.05, 0.1) is 30.3 Å². The van der Waals surface area contributed by atoms with E-state index in [2.05, 4.69) is 32.0 Å². The number of hydrogen-bond donors (Lipinski definition) is 0. The quantitative estimate of drug-likeness (QED) is 0.556. The molecule has 0 radical (unpaired) electrons. The molecule has 5 rings (SSSR count). The van der Waals surface area contributed by atoms with Gasteiger partial charge < -0.3 is 9.64 Å². The third-order valence-electron chi connectivity index (χ3n) is 5.87. The van der Waals surface area contributed by atoms with Crippen LogP contribution in [0.25, 0.3) is 11.3 Å². The Morgan fingerprint density at radius 2 is 2.00 bits per heavy atom. The largest absolute Gasteiger partial charge is 0.477 e. The standard InChI is InChI=1S/C22H25N7O2/c1-14-5-4-8-31-22-17(12-25-28(22)3)18-9-15(6-7-23-18)20(30)26-19-10-16-11-24-27(2)21(16)29(19)13-14/h6-7,9,11-12,14H,4-5,8,10,13H2,1-3H3/t14-/m1/s1. The lowest BCUT2D eigenvalue weighted by Gasteiger charge is -2.24. The van der Waals surface area contributed by atoms with E-state index in [0.29, 0.717) is 36.1 Å². The molecule has 5 heterocycles. The molecule has 1 atom stereocenters. The number of nitrogens with zero attached hydrogens (tertiary/aromatic N) is 7. The van der Waals surface area contributed by atoms with Crippen LogP contribution in [0.3, 0.4) is 0 Å². The fourth-order valence-corrected chi connectivity index (χ4v) is 4.30. The fourth-order valence-electron chi connectivity index (χ4n) is 4.30. The number of aliphatic imine (C=N–C) groups is 1. The molecule has 3 aromatic heterocycles. The number of anilines is 1. The van der Waals surface area contributed by atoms with Crippen molar-refractivity contribution in [3.05, 3.63) is 41.9 Å². The van der Waals surface area contributed by atoms with E-state index < -0.39 is 0 Å². The molecule has 2 bridgehead atoms. The minimum atomic E-state index is -0.279. The summed E-state index contributed by atoms with van der Waals surface area (Å²) in [6.45, 7) is 3.58. The van der Waals surface area contributed by atoms with Crippen molar-refractivity contribution in [3.63, 3.8) is 0 Å². The van der Waals surface area contributed by atoms with Crippen molar-refractivity contribution in [2.45, 2.75) is 26.2 Å². The average molecular weight is 419 g/mol. The van der Waals surface area contributed by atoms with Gasteiger partial charge in [-0.25, -0.2) is 4.68 Å². The first kappa shape index (κ1) is 19.5. The number of fused-ring (bicyclic) bond motifs is 7. The first-order valence-corrected chi connectivity index (χ1v) is 10.5. The van der Waals surface area contributed by atoms with Gasteiger partial charge in [0.15, 0.2) is 0 Å². The lowest BCUT2D eigenvalue weighted by Crippen LogP contribution is -2.34. The van der Waals surface area contributed by atoms with Gasteiger partial charge in [-0.3, -0.25) is 14.5 Å². The number of hydrogen-bond acceptors (Lipinski definition) is 6. The van der Waals surface area contributed by atoms with Crippen molar-refractivity contribution >= 4 is 17.6 Å². The highest BCUT2D eigenvalue weighted by Gasteiger charge is 2.31.